The van der Waals surface area contributed by atoms with Gasteiger partial charge in [0.05, 0.1) is 6.04 Å². The van der Waals surface area contributed by atoms with Gasteiger partial charge in [-0.15, -0.1) is 0 Å². The second-order valence-corrected chi connectivity index (χ2v) is 9.70. The largest absolute Gasteiger partial charge is 0.349 e. The maximum Gasteiger partial charge on any atom is 0.237 e. The van der Waals surface area contributed by atoms with Crippen LogP contribution in [0.4, 0.5) is 0 Å². The first-order chi connectivity index (χ1) is 13.1. The quantitative estimate of drug-likeness (QED) is 0.866. The third-order valence-electron chi connectivity index (χ3n) is 7.74. The number of amides is 1. The van der Waals surface area contributed by atoms with Crippen molar-refractivity contribution in [3.63, 3.8) is 0 Å². The first-order valence-electron chi connectivity index (χ1n) is 10.9. The Kier molecular flexibility index (Phi) is 4.39. The lowest BCUT2D eigenvalue weighted by molar-refractivity contribution is -0.131. The van der Waals surface area contributed by atoms with Crippen molar-refractivity contribution in [2.24, 2.45) is 17.8 Å². The van der Waals surface area contributed by atoms with Crippen LogP contribution >= 0.6 is 0 Å². The molecule has 1 unspecified atom stereocenters. The monoisotopic (exact) mass is 364 g/mol. The zero-order valence-corrected chi connectivity index (χ0v) is 16.5. The Bertz CT molecular complexity index is 703. The van der Waals surface area contributed by atoms with Crippen molar-refractivity contribution in [3.05, 3.63) is 42.0 Å². The second kappa shape index (κ2) is 6.77. The Morgan fingerprint density at radius 1 is 1.07 bits per heavy atom. The fourth-order valence-corrected chi connectivity index (χ4v) is 6.75. The first kappa shape index (κ1) is 17.5. The van der Waals surface area contributed by atoms with Crippen molar-refractivity contribution in [2.75, 3.05) is 13.1 Å². The minimum Gasteiger partial charge on any atom is -0.349 e. The fourth-order valence-electron chi connectivity index (χ4n) is 6.75. The van der Waals surface area contributed by atoms with Gasteiger partial charge < -0.3 is 5.32 Å². The van der Waals surface area contributed by atoms with Gasteiger partial charge in [0.1, 0.15) is 0 Å². The van der Waals surface area contributed by atoms with Crippen LogP contribution in [-0.4, -0.2) is 35.5 Å². The summed E-state index contributed by atoms with van der Waals surface area (Å²) in [6.45, 7) is 3.94. The molecule has 5 aliphatic rings. The summed E-state index contributed by atoms with van der Waals surface area (Å²) in [5, 5.41) is 3.56. The third-order valence-corrected chi connectivity index (χ3v) is 7.74. The number of hydrogen-bond acceptors (Lipinski definition) is 2. The minimum atomic E-state index is -0.0356. The van der Waals surface area contributed by atoms with Crippen molar-refractivity contribution < 1.29 is 4.79 Å². The molecule has 4 fully saturated rings. The summed E-state index contributed by atoms with van der Waals surface area (Å²) in [4.78, 5) is 15.4. The molecule has 27 heavy (non-hydrogen) atoms. The zero-order chi connectivity index (χ0) is 18.4. The summed E-state index contributed by atoms with van der Waals surface area (Å²) in [7, 11) is 0. The van der Waals surface area contributed by atoms with Gasteiger partial charge in [0.25, 0.3) is 0 Å². The summed E-state index contributed by atoms with van der Waals surface area (Å²) >= 11 is 0. The molecule has 4 saturated carbocycles. The van der Waals surface area contributed by atoms with Gasteiger partial charge >= 0.3 is 0 Å². The maximum atomic E-state index is 13.1. The van der Waals surface area contributed by atoms with E-state index in [-0.39, 0.29) is 17.5 Å². The molecule has 1 N–H and O–H groups in total. The molecule has 3 nitrogen and oxygen atoms in total. The first-order valence-corrected chi connectivity index (χ1v) is 10.9. The van der Waals surface area contributed by atoms with Gasteiger partial charge in [0.15, 0.2) is 0 Å². The molecule has 3 heteroatoms. The molecule has 1 aliphatic heterocycles. The van der Waals surface area contributed by atoms with Crippen molar-refractivity contribution in [1.82, 2.24) is 10.2 Å². The van der Waals surface area contributed by atoms with E-state index in [4.69, 9.17) is 0 Å². The third kappa shape index (κ3) is 3.35. The molecule has 1 aromatic rings. The number of rotatable bonds is 4. The second-order valence-electron chi connectivity index (χ2n) is 9.70. The van der Waals surface area contributed by atoms with E-state index in [9.17, 15) is 4.79 Å². The SMILES string of the molecule is CC(C(=O)NC12CC3CC(CC(C3)C1)C2)N1CC=C(c2ccccc2)CC1. The molecule has 1 amide bonds. The van der Waals surface area contributed by atoms with Crippen LogP contribution in [0.5, 0.6) is 0 Å². The summed E-state index contributed by atoms with van der Waals surface area (Å²) in [5.41, 5.74) is 2.87. The molecule has 144 valence electrons. The molecule has 1 aromatic carbocycles. The van der Waals surface area contributed by atoms with Crippen LogP contribution in [0.15, 0.2) is 36.4 Å². The Morgan fingerprint density at radius 3 is 2.26 bits per heavy atom. The molecule has 6 rings (SSSR count). The maximum absolute atomic E-state index is 13.1. The zero-order valence-electron chi connectivity index (χ0n) is 16.5. The van der Waals surface area contributed by atoms with Crippen LogP contribution in [0.3, 0.4) is 0 Å². The standard InChI is InChI=1S/C24H32N2O/c1-17(26-9-7-22(8-10-26)21-5-3-2-4-6-21)23(27)25-24-14-18-11-19(15-24)13-20(12-18)16-24/h2-7,17-20H,8-16H2,1H3,(H,25,27). The van der Waals surface area contributed by atoms with Gasteiger partial charge in [-0.25, -0.2) is 0 Å². The van der Waals surface area contributed by atoms with Crippen molar-refractivity contribution in [1.29, 1.82) is 0 Å². The van der Waals surface area contributed by atoms with E-state index in [0.29, 0.717) is 0 Å². The fraction of sp³-hybridized carbons (Fsp3) is 0.625. The van der Waals surface area contributed by atoms with Crippen LogP contribution in [0, 0.1) is 17.8 Å². The van der Waals surface area contributed by atoms with Crippen LogP contribution in [-0.2, 0) is 4.79 Å². The highest BCUT2D eigenvalue weighted by molar-refractivity contribution is 5.82. The number of carbonyl (C=O) groups is 1. The highest BCUT2D eigenvalue weighted by Crippen LogP contribution is 2.55. The Morgan fingerprint density at radius 2 is 1.70 bits per heavy atom. The summed E-state index contributed by atoms with van der Waals surface area (Å²) in [6.07, 6.45) is 11.3. The molecule has 0 radical (unpaired) electrons. The van der Waals surface area contributed by atoms with E-state index in [1.165, 1.54) is 49.7 Å². The molecular formula is C24H32N2O. The smallest absolute Gasteiger partial charge is 0.237 e. The van der Waals surface area contributed by atoms with E-state index < -0.39 is 0 Å². The lowest BCUT2D eigenvalue weighted by Crippen LogP contribution is -2.62. The van der Waals surface area contributed by atoms with Crippen LogP contribution in [0.25, 0.3) is 5.57 Å². The van der Waals surface area contributed by atoms with Gasteiger partial charge in [0, 0.05) is 18.6 Å². The summed E-state index contributed by atoms with van der Waals surface area (Å²) < 4.78 is 0. The van der Waals surface area contributed by atoms with E-state index in [1.807, 2.05) is 0 Å². The number of carbonyl (C=O) groups excluding carboxylic acids is 1. The van der Waals surface area contributed by atoms with Crippen LogP contribution in [0.1, 0.15) is 57.4 Å². The normalized spacial score (nSPS) is 36.3. The molecule has 1 heterocycles. The number of benzene rings is 1. The molecular weight excluding hydrogens is 332 g/mol. The molecule has 0 aromatic heterocycles. The number of nitrogens with one attached hydrogen (secondary N) is 1. The van der Waals surface area contributed by atoms with Gasteiger partial charge in [-0.3, -0.25) is 9.69 Å². The average Bonchev–Trinajstić information content (AvgIpc) is 2.67. The van der Waals surface area contributed by atoms with Gasteiger partial charge in [-0.1, -0.05) is 36.4 Å². The molecule has 1 atom stereocenters. The van der Waals surface area contributed by atoms with E-state index in [1.54, 1.807) is 0 Å². The van der Waals surface area contributed by atoms with E-state index in [2.05, 4.69) is 53.5 Å². The Hall–Kier alpha value is -1.61. The summed E-state index contributed by atoms with van der Waals surface area (Å²) in [5.74, 6) is 2.88. The lowest BCUT2D eigenvalue weighted by Gasteiger charge is -2.57. The molecule has 0 spiro atoms. The van der Waals surface area contributed by atoms with Crippen molar-refractivity contribution in [2.45, 2.75) is 63.5 Å². The number of nitrogens with zero attached hydrogens (tertiary/aromatic N) is 1. The number of hydrogen-bond donors (Lipinski definition) is 1. The predicted octanol–water partition coefficient (Wildman–Crippen LogP) is 4.25. The van der Waals surface area contributed by atoms with Crippen molar-refractivity contribution >= 4 is 11.5 Å². The van der Waals surface area contributed by atoms with Gasteiger partial charge in [-0.2, -0.15) is 0 Å². The van der Waals surface area contributed by atoms with E-state index in [0.717, 1.165) is 37.3 Å². The minimum absolute atomic E-state index is 0.0356. The Balaban J connectivity index is 1.22. The van der Waals surface area contributed by atoms with Crippen molar-refractivity contribution in [3.8, 4) is 0 Å². The predicted molar refractivity (Wildman–Crippen MR) is 109 cm³/mol. The topological polar surface area (TPSA) is 32.3 Å². The van der Waals surface area contributed by atoms with Gasteiger partial charge in [0.2, 0.25) is 5.91 Å². The van der Waals surface area contributed by atoms with Gasteiger partial charge in [-0.05, 0) is 80.8 Å². The van der Waals surface area contributed by atoms with Crippen LogP contribution < -0.4 is 5.32 Å². The average molecular weight is 365 g/mol. The summed E-state index contributed by atoms with van der Waals surface area (Å²) in [6, 6.07) is 10.6. The highest BCUT2D eigenvalue weighted by atomic mass is 16.2. The lowest BCUT2D eigenvalue weighted by atomic mass is 9.53. The highest BCUT2D eigenvalue weighted by Gasteiger charge is 2.51. The Labute approximate surface area is 163 Å². The molecule has 4 aliphatic carbocycles. The molecule has 4 bridgehead atoms. The van der Waals surface area contributed by atoms with Crippen LogP contribution in [0.2, 0.25) is 0 Å². The van der Waals surface area contributed by atoms with E-state index >= 15 is 0 Å². The molecule has 0 saturated heterocycles.